The van der Waals surface area contributed by atoms with E-state index in [1.165, 1.54) is 6.07 Å². The fourth-order valence-corrected chi connectivity index (χ4v) is 4.23. The molecular formula is C16H19FO2. The lowest BCUT2D eigenvalue weighted by Gasteiger charge is -2.46. The normalized spacial score (nSPS) is 25.0. The Balaban J connectivity index is 2.17. The topological polar surface area (TPSA) is 37.3 Å². The van der Waals surface area contributed by atoms with Crippen LogP contribution in [-0.2, 0) is 16.6 Å². The van der Waals surface area contributed by atoms with Gasteiger partial charge in [0.1, 0.15) is 5.82 Å². The van der Waals surface area contributed by atoms with E-state index in [4.69, 9.17) is 0 Å². The smallest absolute Gasteiger partial charge is 0.307 e. The zero-order valence-electron chi connectivity index (χ0n) is 11.0. The van der Waals surface area contributed by atoms with Crippen LogP contribution in [0.2, 0.25) is 0 Å². The highest BCUT2D eigenvalue weighted by Gasteiger charge is 2.49. The summed E-state index contributed by atoms with van der Waals surface area (Å²) in [4.78, 5) is 11.6. The lowest BCUT2D eigenvalue weighted by Crippen LogP contribution is -2.45. The van der Waals surface area contributed by atoms with Crippen molar-refractivity contribution in [1.82, 2.24) is 0 Å². The largest absolute Gasteiger partial charge is 0.481 e. The second-order valence-electron chi connectivity index (χ2n) is 5.92. The standard InChI is InChI=1S/C16H19FO2/c17-13-6-4-5-11-7-8-12(15(18)19)16(14(11)13)9-2-1-3-10-16/h4-6,12H,1-3,7-10H2,(H,18,19). The first-order valence-corrected chi connectivity index (χ1v) is 7.16. The Morgan fingerprint density at radius 2 is 2.00 bits per heavy atom. The number of benzene rings is 1. The van der Waals surface area contributed by atoms with Gasteiger partial charge in [-0.05, 0) is 42.9 Å². The van der Waals surface area contributed by atoms with Gasteiger partial charge in [0.15, 0.2) is 0 Å². The molecule has 1 fully saturated rings. The van der Waals surface area contributed by atoms with E-state index in [1.807, 2.05) is 6.07 Å². The number of carbonyl (C=O) groups is 1. The van der Waals surface area contributed by atoms with Gasteiger partial charge in [-0.2, -0.15) is 0 Å². The highest BCUT2D eigenvalue weighted by Crippen LogP contribution is 2.51. The van der Waals surface area contributed by atoms with Crippen molar-refractivity contribution in [3.05, 3.63) is 35.1 Å². The van der Waals surface area contributed by atoms with E-state index in [0.29, 0.717) is 18.4 Å². The van der Waals surface area contributed by atoms with Crippen molar-refractivity contribution in [3.8, 4) is 0 Å². The quantitative estimate of drug-likeness (QED) is 0.838. The average molecular weight is 262 g/mol. The second-order valence-corrected chi connectivity index (χ2v) is 5.92. The third-order valence-electron chi connectivity index (χ3n) is 5.01. The van der Waals surface area contributed by atoms with E-state index >= 15 is 0 Å². The number of fused-ring (bicyclic) bond motifs is 2. The van der Waals surface area contributed by atoms with Gasteiger partial charge in [-0.3, -0.25) is 4.79 Å². The molecule has 1 aromatic rings. The second kappa shape index (κ2) is 4.62. The number of carboxylic acids is 1. The Morgan fingerprint density at radius 3 is 2.68 bits per heavy atom. The lowest BCUT2D eigenvalue weighted by atomic mass is 9.57. The molecule has 19 heavy (non-hydrogen) atoms. The van der Waals surface area contributed by atoms with Gasteiger partial charge in [-0.1, -0.05) is 31.4 Å². The molecule has 0 aromatic heterocycles. The molecule has 1 N–H and O–H groups in total. The molecule has 2 nitrogen and oxygen atoms in total. The average Bonchev–Trinajstić information content (AvgIpc) is 2.39. The Hall–Kier alpha value is -1.38. The van der Waals surface area contributed by atoms with E-state index < -0.39 is 17.3 Å². The van der Waals surface area contributed by atoms with E-state index in [1.54, 1.807) is 6.07 Å². The number of hydrogen-bond donors (Lipinski definition) is 1. The third kappa shape index (κ3) is 1.87. The first-order valence-electron chi connectivity index (χ1n) is 7.16. The number of aryl methyl sites for hydroxylation is 1. The van der Waals surface area contributed by atoms with Gasteiger partial charge in [0.25, 0.3) is 0 Å². The number of halogens is 1. The molecule has 102 valence electrons. The zero-order valence-corrected chi connectivity index (χ0v) is 11.0. The van der Waals surface area contributed by atoms with Crippen LogP contribution in [0.25, 0.3) is 0 Å². The number of aliphatic carboxylic acids is 1. The molecule has 1 spiro atoms. The number of hydrogen-bond acceptors (Lipinski definition) is 1. The SMILES string of the molecule is O=C(O)C1CCc2cccc(F)c2C12CCCCC2. The van der Waals surface area contributed by atoms with Gasteiger partial charge in [0.05, 0.1) is 5.92 Å². The summed E-state index contributed by atoms with van der Waals surface area (Å²) in [5.41, 5.74) is 1.29. The van der Waals surface area contributed by atoms with Crippen LogP contribution in [0.15, 0.2) is 18.2 Å². The minimum atomic E-state index is -0.754. The molecule has 0 aliphatic heterocycles. The van der Waals surface area contributed by atoms with Gasteiger partial charge in [0, 0.05) is 5.41 Å². The minimum Gasteiger partial charge on any atom is -0.481 e. The van der Waals surface area contributed by atoms with Gasteiger partial charge < -0.3 is 5.11 Å². The van der Waals surface area contributed by atoms with Crippen LogP contribution in [0.5, 0.6) is 0 Å². The molecule has 0 heterocycles. The van der Waals surface area contributed by atoms with Crippen LogP contribution in [-0.4, -0.2) is 11.1 Å². The van der Waals surface area contributed by atoms with Gasteiger partial charge in [-0.25, -0.2) is 4.39 Å². The lowest BCUT2D eigenvalue weighted by molar-refractivity contribution is -0.146. The van der Waals surface area contributed by atoms with Gasteiger partial charge >= 0.3 is 5.97 Å². The first-order chi connectivity index (χ1) is 9.15. The van der Waals surface area contributed by atoms with Crippen LogP contribution >= 0.6 is 0 Å². The highest BCUT2D eigenvalue weighted by atomic mass is 19.1. The van der Waals surface area contributed by atoms with E-state index in [-0.39, 0.29) is 5.82 Å². The number of rotatable bonds is 1. The maximum atomic E-state index is 14.3. The maximum Gasteiger partial charge on any atom is 0.307 e. The van der Waals surface area contributed by atoms with Crippen LogP contribution in [0.3, 0.4) is 0 Å². The van der Waals surface area contributed by atoms with E-state index in [9.17, 15) is 14.3 Å². The van der Waals surface area contributed by atoms with E-state index in [2.05, 4.69) is 0 Å². The van der Waals surface area contributed by atoms with E-state index in [0.717, 1.165) is 37.7 Å². The summed E-state index contributed by atoms with van der Waals surface area (Å²) in [6.45, 7) is 0. The molecule has 0 bridgehead atoms. The molecule has 0 saturated heterocycles. The Kier molecular flexibility index (Phi) is 3.08. The molecule has 0 radical (unpaired) electrons. The minimum absolute atomic E-state index is 0.203. The fraction of sp³-hybridized carbons (Fsp3) is 0.562. The summed E-state index contributed by atoms with van der Waals surface area (Å²) in [5.74, 6) is -1.38. The third-order valence-corrected chi connectivity index (χ3v) is 5.01. The number of carboxylic acid groups (broad SMARTS) is 1. The monoisotopic (exact) mass is 262 g/mol. The van der Waals surface area contributed by atoms with Crippen molar-refractivity contribution >= 4 is 5.97 Å². The van der Waals surface area contributed by atoms with Crippen molar-refractivity contribution in [2.24, 2.45) is 5.92 Å². The van der Waals surface area contributed by atoms with Crippen molar-refractivity contribution in [1.29, 1.82) is 0 Å². The fourth-order valence-electron chi connectivity index (χ4n) is 4.23. The molecule has 3 rings (SSSR count). The molecular weight excluding hydrogens is 243 g/mol. The molecule has 1 atom stereocenters. The molecule has 1 unspecified atom stereocenters. The summed E-state index contributed by atoms with van der Waals surface area (Å²) >= 11 is 0. The molecule has 2 aliphatic carbocycles. The summed E-state index contributed by atoms with van der Waals surface area (Å²) in [6.07, 6.45) is 6.13. The Morgan fingerprint density at radius 1 is 1.26 bits per heavy atom. The van der Waals surface area contributed by atoms with Crippen molar-refractivity contribution < 1.29 is 14.3 Å². The van der Waals surface area contributed by atoms with Crippen LogP contribution < -0.4 is 0 Å². The van der Waals surface area contributed by atoms with Crippen LogP contribution in [0, 0.1) is 11.7 Å². The summed E-state index contributed by atoms with van der Waals surface area (Å²) in [7, 11) is 0. The van der Waals surface area contributed by atoms with Crippen LogP contribution in [0.4, 0.5) is 4.39 Å². The maximum absolute atomic E-state index is 14.3. The summed E-state index contributed by atoms with van der Waals surface area (Å²) in [5, 5.41) is 9.55. The first kappa shape index (κ1) is 12.6. The zero-order chi connectivity index (χ0) is 13.5. The van der Waals surface area contributed by atoms with Crippen molar-refractivity contribution in [2.45, 2.75) is 50.4 Å². The molecule has 1 saturated carbocycles. The van der Waals surface area contributed by atoms with Crippen LogP contribution in [0.1, 0.15) is 49.7 Å². The van der Waals surface area contributed by atoms with Gasteiger partial charge in [0.2, 0.25) is 0 Å². The molecule has 1 aromatic carbocycles. The van der Waals surface area contributed by atoms with Crippen molar-refractivity contribution in [3.63, 3.8) is 0 Å². The molecule has 3 heteroatoms. The predicted molar refractivity (Wildman–Crippen MR) is 70.6 cm³/mol. The summed E-state index contributed by atoms with van der Waals surface area (Å²) in [6, 6.07) is 5.19. The Labute approximate surface area is 112 Å². The summed E-state index contributed by atoms with van der Waals surface area (Å²) < 4.78 is 14.3. The van der Waals surface area contributed by atoms with Gasteiger partial charge in [-0.15, -0.1) is 0 Å². The predicted octanol–water partition coefficient (Wildman–Crippen LogP) is 3.67. The van der Waals surface area contributed by atoms with Crippen molar-refractivity contribution in [2.75, 3.05) is 0 Å². The highest BCUT2D eigenvalue weighted by molar-refractivity contribution is 5.73. The molecule has 0 amide bonds. The Bertz CT molecular complexity index is 503. The molecule has 2 aliphatic rings.